The summed E-state index contributed by atoms with van der Waals surface area (Å²) in [4.78, 5) is 12.1. The van der Waals surface area contributed by atoms with Crippen molar-refractivity contribution >= 4 is 29.9 Å². The molecule has 1 aromatic rings. The first kappa shape index (κ1) is 21.4. The summed E-state index contributed by atoms with van der Waals surface area (Å²) in [6.07, 6.45) is 4.35. The van der Waals surface area contributed by atoms with Gasteiger partial charge in [-0.2, -0.15) is 0 Å². The highest BCUT2D eigenvalue weighted by atomic mass is 127. The van der Waals surface area contributed by atoms with E-state index < -0.39 is 0 Å². The lowest BCUT2D eigenvalue weighted by molar-refractivity contribution is 0.168. The molecular weight excluding hydrogens is 443 g/mol. The topological polar surface area (TPSA) is 60.1 Å². The minimum absolute atomic E-state index is 0. The van der Waals surface area contributed by atoms with Crippen LogP contribution in [0.4, 0.5) is 0 Å². The minimum Gasteiger partial charge on any atom is -0.364 e. The zero-order valence-electron chi connectivity index (χ0n) is 16.2. The van der Waals surface area contributed by atoms with Gasteiger partial charge in [-0.15, -0.1) is 24.0 Å². The molecule has 26 heavy (non-hydrogen) atoms. The van der Waals surface area contributed by atoms with Crippen molar-refractivity contribution in [1.82, 2.24) is 25.2 Å². The van der Waals surface area contributed by atoms with Gasteiger partial charge in [0.25, 0.3) is 0 Å². The van der Waals surface area contributed by atoms with Crippen molar-refractivity contribution < 1.29 is 4.52 Å². The predicted octanol–water partition coefficient (Wildman–Crippen LogP) is 1.72. The molecule has 2 aliphatic rings. The van der Waals surface area contributed by atoms with Gasteiger partial charge < -0.3 is 19.6 Å². The number of nitrogens with one attached hydrogen (secondary N) is 1. The van der Waals surface area contributed by atoms with Gasteiger partial charge in [-0.3, -0.25) is 9.89 Å². The third-order valence-electron chi connectivity index (χ3n) is 5.14. The molecule has 1 saturated heterocycles. The smallest absolute Gasteiger partial charge is 0.194 e. The summed E-state index contributed by atoms with van der Waals surface area (Å²) in [5.41, 5.74) is 1.01. The maximum atomic E-state index is 4.96. The largest absolute Gasteiger partial charge is 0.364 e. The predicted molar refractivity (Wildman–Crippen MR) is 115 cm³/mol. The number of hydrogen-bond donors (Lipinski definition) is 1. The van der Waals surface area contributed by atoms with E-state index in [2.05, 4.69) is 46.2 Å². The Morgan fingerprint density at radius 3 is 2.62 bits per heavy atom. The molecule has 1 atom stereocenters. The highest BCUT2D eigenvalue weighted by Crippen LogP contribution is 2.34. The van der Waals surface area contributed by atoms with Crippen LogP contribution in [-0.4, -0.2) is 85.2 Å². The molecule has 3 rings (SSSR count). The molecule has 1 unspecified atom stereocenters. The number of guanidine groups is 1. The molecule has 0 radical (unpaired) electrons. The van der Waals surface area contributed by atoms with Crippen LogP contribution in [0, 0.1) is 5.92 Å². The molecule has 1 N–H and O–H groups in total. The van der Waals surface area contributed by atoms with E-state index in [0.717, 1.165) is 63.4 Å². The zero-order chi connectivity index (χ0) is 17.6. The third kappa shape index (κ3) is 6.09. The van der Waals surface area contributed by atoms with E-state index in [0.29, 0.717) is 6.04 Å². The average molecular weight is 476 g/mol. The monoisotopic (exact) mass is 476 g/mol. The SMILES string of the molecule is CCNC(=NCC(C1CC1)N(C)C)N1CCN(Cc2ccon2)CC1.I. The molecule has 8 heteroatoms. The number of rotatable bonds is 7. The quantitative estimate of drug-likeness (QED) is 0.368. The Hall–Kier alpha value is -0.870. The molecule has 1 aliphatic heterocycles. The number of aromatic nitrogens is 1. The van der Waals surface area contributed by atoms with Crippen molar-refractivity contribution in [2.75, 3.05) is 53.4 Å². The van der Waals surface area contributed by atoms with Gasteiger partial charge >= 0.3 is 0 Å². The minimum atomic E-state index is 0. The van der Waals surface area contributed by atoms with E-state index >= 15 is 0 Å². The molecule has 148 valence electrons. The van der Waals surface area contributed by atoms with Crippen LogP contribution in [0.3, 0.4) is 0 Å². The maximum absolute atomic E-state index is 4.96. The molecule has 0 spiro atoms. The Kier molecular flexibility index (Phi) is 8.62. The molecule has 0 aromatic carbocycles. The Morgan fingerprint density at radius 2 is 2.08 bits per heavy atom. The van der Waals surface area contributed by atoms with Gasteiger partial charge in [-0.25, -0.2) is 0 Å². The summed E-state index contributed by atoms with van der Waals surface area (Å²) >= 11 is 0. The number of piperazine rings is 1. The molecule has 2 heterocycles. The Morgan fingerprint density at radius 1 is 1.35 bits per heavy atom. The highest BCUT2D eigenvalue weighted by molar-refractivity contribution is 14.0. The van der Waals surface area contributed by atoms with E-state index in [9.17, 15) is 0 Å². The van der Waals surface area contributed by atoms with Crippen LogP contribution in [0.1, 0.15) is 25.5 Å². The number of halogens is 1. The molecule has 1 aromatic heterocycles. The molecular formula is C18H33IN6O. The first-order chi connectivity index (χ1) is 12.2. The second-order valence-electron chi connectivity index (χ2n) is 7.32. The van der Waals surface area contributed by atoms with E-state index in [1.807, 2.05) is 6.07 Å². The van der Waals surface area contributed by atoms with Gasteiger partial charge in [0.2, 0.25) is 0 Å². The first-order valence-electron chi connectivity index (χ1n) is 9.48. The first-order valence-corrected chi connectivity index (χ1v) is 9.48. The highest BCUT2D eigenvalue weighted by Gasteiger charge is 2.32. The second kappa shape index (κ2) is 10.5. The van der Waals surface area contributed by atoms with E-state index in [1.165, 1.54) is 12.8 Å². The fourth-order valence-electron chi connectivity index (χ4n) is 3.49. The van der Waals surface area contributed by atoms with Crippen molar-refractivity contribution in [2.45, 2.75) is 32.4 Å². The molecule has 2 fully saturated rings. The lowest BCUT2D eigenvalue weighted by Gasteiger charge is -2.36. The van der Waals surface area contributed by atoms with Crippen LogP contribution in [0.25, 0.3) is 0 Å². The lowest BCUT2D eigenvalue weighted by atomic mass is 10.2. The lowest BCUT2D eigenvalue weighted by Crippen LogP contribution is -2.52. The van der Waals surface area contributed by atoms with Crippen molar-refractivity contribution in [3.8, 4) is 0 Å². The Balaban J connectivity index is 0.00000243. The number of nitrogens with zero attached hydrogens (tertiary/aromatic N) is 5. The van der Waals surface area contributed by atoms with Crippen LogP contribution in [0.15, 0.2) is 21.8 Å². The van der Waals surface area contributed by atoms with E-state index in [-0.39, 0.29) is 24.0 Å². The van der Waals surface area contributed by atoms with Crippen molar-refractivity contribution in [2.24, 2.45) is 10.9 Å². The van der Waals surface area contributed by atoms with E-state index in [4.69, 9.17) is 9.52 Å². The second-order valence-corrected chi connectivity index (χ2v) is 7.32. The maximum Gasteiger partial charge on any atom is 0.194 e. The molecule has 0 amide bonds. The standard InChI is InChI=1S/C18H32N6O.HI/c1-4-19-18(20-13-17(22(2)3)15-5-6-15)24-10-8-23(9-11-24)14-16-7-12-25-21-16;/h7,12,15,17H,4-6,8-11,13-14H2,1-3H3,(H,19,20);1H. The Bertz CT molecular complexity index is 536. The van der Waals surface area contributed by atoms with Gasteiger partial charge in [0.15, 0.2) is 5.96 Å². The summed E-state index contributed by atoms with van der Waals surface area (Å²) < 4.78 is 4.93. The fraction of sp³-hybridized carbons (Fsp3) is 0.778. The molecule has 0 bridgehead atoms. The summed E-state index contributed by atoms with van der Waals surface area (Å²) in [6.45, 7) is 8.85. The van der Waals surface area contributed by atoms with Crippen LogP contribution in [-0.2, 0) is 6.54 Å². The summed E-state index contributed by atoms with van der Waals surface area (Å²) in [5.74, 6) is 1.90. The van der Waals surface area contributed by atoms with E-state index in [1.54, 1.807) is 6.26 Å². The fourth-order valence-corrected chi connectivity index (χ4v) is 3.49. The summed E-state index contributed by atoms with van der Waals surface area (Å²) in [5, 5.41) is 7.49. The average Bonchev–Trinajstić information content (AvgIpc) is 3.31. The van der Waals surface area contributed by atoms with Gasteiger partial charge in [-0.1, -0.05) is 5.16 Å². The van der Waals surface area contributed by atoms with Gasteiger partial charge in [0.05, 0.1) is 12.2 Å². The van der Waals surface area contributed by atoms with Crippen LogP contribution >= 0.6 is 24.0 Å². The van der Waals surface area contributed by atoms with Gasteiger partial charge in [-0.05, 0) is 39.8 Å². The third-order valence-corrected chi connectivity index (χ3v) is 5.14. The summed E-state index contributed by atoms with van der Waals surface area (Å²) in [7, 11) is 4.35. The zero-order valence-corrected chi connectivity index (χ0v) is 18.6. The number of hydrogen-bond acceptors (Lipinski definition) is 5. The Labute approximate surface area is 174 Å². The molecule has 1 aliphatic carbocycles. The van der Waals surface area contributed by atoms with Crippen LogP contribution < -0.4 is 5.32 Å². The van der Waals surface area contributed by atoms with Crippen LogP contribution in [0.5, 0.6) is 0 Å². The van der Waals surface area contributed by atoms with Crippen molar-refractivity contribution in [3.63, 3.8) is 0 Å². The van der Waals surface area contributed by atoms with Crippen molar-refractivity contribution in [1.29, 1.82) is 0 Å². The van der Waals surface area contributed by atoms with Gasteiger partial charge in [0.1, 0.15) is 6.26 Å². The van der Waals surface area contributed by atoms with Crippen molar-refractivity contribution in [3.05, 3.63) is 18.0 Å². The number of likely N-dealkylation sites (N-methyl/N-ethyl adjacent to an activating group) is 1. The molecule has 7 nitrogen and oxygen atoms in total. The number of aliphatic imine (C=N–C) groups is 1. The van der Waals surface area contributed by atoms with Gasteiger partial charge in [0, 0.05) is 51.4 Å². The van der Waals surface area contributed by atoms with Crippen LogP contribution in [0.2, 0.25) is 0 Å². The normalized spacial score (nSPS) is 20.2. The summed E-state index contributed by atoms with van der Waals surface area (Å²) in [6, 6.07) is 2.51. The molecule has 1 saturated carbocycles.